The topological polar surface area (TPSA) is 15.8 Å². The molecule has 1 aromatic heterocycles. The van der Waals surface area contributed by atoms with E-state index in [1.807, 2.05) is 0 Å². The van der Waals surface area contributed by atoms with Gasteiger partial charge >= 0.3 is 0 Å². The highest BCUT2D eigenvalue weighted by molar-refractivity contribution is 5.86. The summed E-state index contributed by atoms with van der Waals surface area (Å²) in [6.45, 7) is 2.31. The molecule has 0 unspecified atom stereocenters. The Morgan fingerprint density at radius 2 is 1.57 bits per heavy atom. The molecule has 1 saturated carbocycles. The molecule has 23 heavy (non-hydrogen) atoms. The predicted octanol–water partition coefficient (Wildman–Crippen LogP) is 6.06. The molecule has 2 aromatic carbocycles. The van der Waals surface area contributed by atoms with Crippen LogP contribution in [0.5, 0.6) is 0 Å². The van der Waals surface area contributed by atoms with Crippen molar-refractivity contribution in [1.29, 1.82) is 0 Å². The van der Waals surface area contributed by atoms with Crippen LogP contribution in [-0.2, 0) is 0 Å². The Kier molecular flexibility index (Phi) is 4.42. The Labute approximate surface area is 133 Å². The molecule has 1 aliphatic carbocycles. The Morgan fingerprint density at radius 3 is 2.13 bits per heavy atom. The van der Waals surface area contributed by atoms with Crippen LogP contribution in [0.2, 0.25) is 0 Å². The second-order valence-electron chi connectivity index (χ2n) is 6.08. The number of hydrogen-bond donors (Lipinski definition) is 1. The van der Waals surface area contributed by atoms with Gasteiger partial charge in [-0.05, 0) is 47.9 Å². The van der Waals surface area contributed by atoms with Crippen LogP contribution in [0.1, 0.15) is 26.2 Å². The lowest BCUT2D eigenvalue weighted by Crippen LogP contribution is -2.04. The monoisotopic (exact) mass is 317 g/mol. The van der Waals surface area contributed by atoms with E-state index in [1.165, 1.54) is 37.5 Å². The van der Waals surface area contributed by atoms with E-state index >= 15 is 0 Å². The summed E-state index contributed by atoms with van der Waals surface area (Å²) >= 11 is 0. The van der Waals surface area contributed by atoms with Crippen molar-refractivity contribution in [2.75, 3.05) is 0 Å². The molecule has 3 aromatic rings. The second kappa shape index (κ2) is 6.49. The number of benzene rings is 2. The molecule has 0 amide bonds. The highest BCUT2D eigenvalue weighted by Crippen LogP contribution is 2.26. The molecule has 0 spiro atoms. The molecule has 1 nitrogen and oxygen atoms in total. The quantitative estimate of drug-likeness (QED) is 0.561. The van der Waals surface area contributed by atoms with Gasteiger partial charge in [0.05, 0.1) is 5.52 Å². The minimum atomic E-state index is -0.640. The number of halogens is 3. The molecular weight excluding hydrogens is 299 g/mol. The molecule has 4 heteroatoms. The van der Waals surface area contributed by atoms with Crippen molar-refractivity contribution in [3.63, 3.8) is 0 Å². The van der Waals surface area contributed by atoms with Gasteiger partial charge in [0.15, 0.2) is 0 Å². The number of aromatic nitrogens is 1. The van der Waals surface area contributed by atoms with Crippen LogP contribution in [0.3, 0.4) is 0 Å². The molecule has 1 fully saturated rings. The lowest BCUT2D eigenvalue weighted by atomic mass is 9.88. The number of hydrogen-bond acceptors (Lipinski definition) is 0. The van der Waals surface area contributed by atoms with Crippen LogP contribution in [-0.4, -0.2) is 4.98 Å². The fourth-order valence-electron chi connectivity index (χ4n) is 2.56. The number of aromatic amines is 1. The predicted molar refractivity (Wildman–Crippen MR) is 86.6 cm³/mol. The average molecular weight is 317 g/mol. The second-order valence-corrected chi connectivity index (χ2v) is 6.08. The van der Waals surface area contributed by atoms with E-state index in [-0.39, 0.29) is 11.3 Å². The van der Waals surface area contributed by atoms with Gasteiger partial charge in [0, 0.05) is 17.1 Å². The van der Waals surface area contributed by atoms with E-state index in [4.69, 9.17) is 0 Å². The van der Waals surface area contributed by atoms with Crippen molar-refractivity contribution in [3.05, 3.63) is 59.9 Å². The Hall–Kier alpha value is -2.23. The van der Waals surface area contributed by atoms with Gasteiger partial charge in [0.25, 0.3) is 0 Å². The first-order valence-electron chi connectivity index (χ1n) is 7.76. The SMILES string of the molecule is CC1CCC1.Fc1ccc(-c2cc3cc(F)cc(F)c3[nH]2)cc1. The summed E-state index contributed by atoms with van der Waals surface area (Å²) in [5, 5.41) is 0.451. The Morgan fingerprint density at radius 1 is 0.913 bits per heavy atom. The molecule has 4 rings (SSSR count). The van der Waals surface area contributed by atoms with Crippen molar-refractivity contribution in [1.82, 2.24) is 4.98 Å². The van der Waals surface area contributed by atoms with Crippen molar-refractivity contribution < 1.29 is 13.2 Å². The first kappa shape index (κ1) is 15.7. The molecule has 1 heterocycles. The summed E-state index contributed by atoms with van der Waals surface area (Å²) in [6, 6.07) is 9.50. The van der Waals surface area contributed by atoms with Crippen LogP contribution in [0.15, 0.2) is 42.5 Å². The van der Waals surface area contributed by atoms with E-state index in [0.29, 0.717) is 16.6 Å². The third kappa shape index (κ3) is 3.58. The van der Waals surface area contributed by atoms with Gasteiger partial charge < -0.3 is 4.98 Å². The smallest absolute Gasteiger partial charge is 0.150 e. The standard InChI is InChI=1S/C14H8F3N.C5H10/c15-10-3-1-8(2-4-10)13-6-9-5-11(16)7-12(17)14(9)18-13;1-5-3-2-4-5/h1-7,18H;5H,2-4H2,1H3. The summed E-state index contributed by atoms with van der Waals surface area (Å²) < 4.78 is 39.4. The maximum atomic E-state index is 13.5. The van der Waals surface area contributed by atoms with Crippen LogP contribution in [0.25, 0.3) is 22.2 Å². The van der Waals surface area contributed by atoms with Crippen LogP contribution in [0.4, 0.5) is 13.2 Å². The Balaban J connectivity index is 0.000000267. The molecule has 0 atom stereocenters. The highest BCUT2D eigenvalue weighted by Gasteiger charge is 2.10. The Bertz CT molecular complexity index is 801. The van der Waals surface area contributed by atoms with Crippen molar-refractivity contribution in [2.45, 2.75) is 26.2 Å². The van der Waals surface area contributed by atoms with E-state index in [0.717, 1.165) is 12.0 Å². The van der Waals surface area contributed by atoms with Crippen LogP contribution in [0, 0.1) is 23.4 Å². The summed E-state index contributed by atoms with van der Waals surface area (Å²) in [4.78, 5) is 2.86. The fraction of sp³-hybridized carbons (Fsp3) is 0.263. The summed E-state index contributed by atoms with van der Waals surface area (Å²) in [7, 11) is 0. The zero-order valence-corrected chi connectivity index (χ0v) is 12.9. The summed E-state index contributed by atoms with van der Waals surface area (Å²) in [5.74, 6) is -0.537. The molecule has 120 valence electrons. The molecule has 0 radical (unpaired) electrons. The minimum absolute atomic E-state index is 0.246. The van der Waals surface area contributed by atoms with Gasteiger partial charge in [-0.25, -0.2) is 13.2 Å². The van der Waals surface area contributed by atoms with E-state index in [9.17, 15) is 13.2 Å². The zero-order chi connectivity index (χ0) is 16.4. The van der Waals surface area contributed by atoms with Crippen LogP contribution < -0.4 is 0 Å². The maximum absolute atomic E-state index is 13.5. The van der Waals surface area contributed by atoms with Gasteiger partial charge in [-0.15, -0.1) is 0 Å². The van der Waals surface area contributed by atoms with Gasteiger partial charge in [0.1, 0.15) is 17.5 Å². The number of rotatable bonds is 1. The number of nitrogens with one attached hydrogen (secondary N) is 1. The first-order chi connectivity index (χ1) is 11.0. The third-order valence-electron chi connectivity index (χ3n) is 4.19. The van der Waals surface area contributed by atoms with Gasteiger partial charge in [0.2, 0.25) is 0 Å². The molecular formula is C19H18F3N. The van der Waals surface area contributed by atoms with Crippen molar-refractivity contribution in [3.8, 4) is 11.3 Å². The molecule has 1 N–H and O–H groups in total. The highest BCUT2D eigenvalue weighted by atomic mass is 19.1. The fourth-order valence-corrected chi connectivity index (χ4v) is 2.56. The maximum Gasteiger partial charge on any atom is 0.150 e. The minimum Gasteiger partial charge on any atom is -0.352 e. The lowest BCUT2D eigenvalue weighted by molar-refractivity contribution is 0.346. The van der Waals surface area contributed by atoms with E-state index in [2.05, 4.69) is 11.9 Å². The van der Waals surface area contributed by atoms with Crippen molar-refractivity contribution in [2.24, 2.45) is 5.92 Å². The molecule has 1 aliphatic rings. The summed E-state index contributed by atoms with van der Waals surface area (Å²) in [6.07, 6.45) is 4.46. The average Bonchev–Trinajstić information content (AvgIpc) is 2.91. The number of H-pyrrole nitrogens is 1. The van der Waals surface area contributed by atoms with Crippen molar-refractivity contribution >= 4 is 10.9 Å². The summed E-state index contributed by atoms with van der Waals surface area (Å²) in [5.41, 5.74) is 1.58. The van der Waals surface area contributed by atoms with Gasteiger partial charge in [-0.2, -0.15) is 0 Å². The number of fused-ring (bicyclic) bond motifs is 1. The first-order valence-corrected chi connectivity index (χ1v) is 7.76. The van der Waals surface area contributed by atoms with Crippen LogP contribution >= 0.6 is 0 Å². The molecule has 0 bridgehead atoms. The largest absolute Gasteiger partial charge is 0.352 e. The third-order valence-corrected chi connectivity index (χ3v) is 4.19. The zero-order valence-electron chi connectivity index (χ0n) is 12.9. The normalized spacial score (nSPS) is 14.3. The van der Waals surface area contributed by atoms with E-state index in [1.54, 1.807) is 18.2 Å². The molecule has 0 saturated heterocycles. The lowest BCUT2D eigenvalue weighted by Gasteiger charge is -2.18. The van der Waals surface area contributed by atoms with Gasteiger partial charge in [-0.3, -0.25) is 0 Å². The van der Waals surface area contributed by atoms with E-state index < -0.39 is 11.6 Å². The van der Waals surface area contributed by atoms with Gasteiger partial charge in [-0.1, -0.05) is 26.2 Å². The molecule has 0 aliphatic heterocycles.